The third-order valence-corrected chi connectivity index (χ3v) is 6.05. The van der Waals surface area contributed by atoms with E-state index >= 15 is 0 Å². The van der Waals surface area contributed by atoms with E-state index in [1.54, 1.807) is 0 Å². The molecule has 0 saturated heterocycles. The summed E-state index contributed by atoms with van der Waals surface area (Å²) >= 11 is 0. The largest absolute Gasteiger partial charge is 0.396 e. The summed E-state index contributed by atoms with van der Waals surface area (Å²) in [7, 11) is -3.87. The van der Waals surface area contributed by atoms with Crippen LogP contribution in [0.2, 0.25) is 0 Å². The van der Waals surface area contributed by atoms with Gasteiger partial charge >= 0.3 is 0 Å². The van der Waals surface area contributed by atoms with Crippen molar-refractivity contribution < 1.29 is 18.1 Å². The molecule has 0 saturated carbocycles. The predicted octanol–water partition coefficient (Wildman–Crippen LogP) is 5.50. The summed E-state index contributed by atoms with van der Waals surface area (Å²) in [6.45, 7) is 2.36. The van der Waals surface area contributed by atoms with E-state index in [4.69, 9.17) is 5.11 Å². The zero-order chi connectivity index (χ0) is 18.1. The van der Waals surface area contributed by atoms with E-state index in [1.807, 2.05) is 6.92 Å². The molecule has 1 unspecified atom stereocenters. The molecule has 2 N–H and O–H groups in total. The van der Waals surface area contributed by atoms with E-state index in [2.05, 4.69) is 0 Å². The smallest absolute Gasteiger partial charge is 0.267 e. The number of hydrogen-bond acceptors (Lipinski definition) is 3. The molecule has 0 aromatic heterocycles. The zero-order valence-corrected chi connectivity index (χ0v) is 16.5. The molecule has 0 aromatic carbocycles. The van der Waals surface area contributed by atoms with Crippen molar-refractivity contribution in [2.24, 2.45) is 0 Å². The highest BCUT2D eigenvalue weighted by Crippen LogP contribution is 2.18. The molecule has 0 radical (unpaired) electrons. The van der Waals surface area contributed by atoms with Crippen LogP contribution in [0.1, 0.15) is 110 Å². The van der Waals surface area contributed by atoms with Crippen LogP contribution >= 0.6 is 0 Å². The van der Waals surface area contributed by atoms with Gasteiger partial charge in [0.25, 0.3) is 10.1 Å². The van der Waals surface area contributed by atoms with Crippen LogP contribution in [0, 0.1) is 0 Å². The molecule has 0 bridgehead atoms. The van der Waals surface area contributed by atoms with Crippen molar-refractivity contribution in [2.45, 2.75) is 115 Å². The van der Waals surface area contributed by atoms with Crippen LogP contribution < -0.4 is 0 Å². The first kappa shape index (κ1) is 23.9. The summed E-state index contributed by atoms with van der Waals surface area (Å²) in [6, 6.07) is 0. The molecule has 0 aliphatic carbocycles. The Kier molecular flexibility index (Phi) is 16.3. The predicted molar refractivity (Wildman–Crippen MR) is 102 cm³/mol. The summed E-state index contributed by atoms with van der Waals surface area (Å²) in [6.07, 6.45) is 17.2. The van der Waals surface area contributed by atoms with Gasteiger partial charge in [-0.15, -0.1) is 0 Å². The fraction of sp³-hybridized carbons (Fsp3) is 1.00. The van der Waals surface area contributed by atoms with E-state index in [1.165, 1.54) is 51.4 Å². The van der Waals surface area contributed by atoms with Gasteiger partial charge in [0.05, 0.1) is 5.25 Å². The van der Waals surface area contributed by atoms with E-state index < -0.39 is 15.4 Å². The van der Waals surface area contributed by atoms with Gasteiger partial charge in [-0.1, -0.05) is 90.4 Å². The third-order valence-electron chi connectivity index (χ3n) is 4.74. The second kappa shape index (κ2) is 16.3. The van der Waals surface area contributed by atoms with Gasteiger partial charge in [0.2, 0.25) is 0 Å². The summed E-state index contributed by atoms with van der Waals surface area (Å²) in [5, 5.41) is 8.14. The normalized spacial score (nSPS) is 13.3. The lowest BCUT2D eigenvalue weighted by molar-refractivity contribution is 0.282. The maximum atomic E-state index is 11.3. The number of hydrogen-bond donors (Lipinski definition) is 2. The molecular formula is C19H40O4S. The van der Waals surface area contributed by atoms with Crippen LogP contribution in [0.5, 0.6) is 0 Å². The summed E-state index contributed by atoms with van der Waals surface area (Å²) < 4.78 is 31.9. The van der Waals surface area contributed by atoms with Gasteiger partial charge in [-0.05, 0) is 19.3 Å². The second-order valence-corrected chi connectivity index (χ2v) is 8.73. The SMILES string of the molecule is CCCCC(CCCCCCCCCCCCCCO)S(=O)(=O)O. The quantitative estimate of drug-likeness (QED) is 0.249. The maximum absolute atomic E-state index is 11.3. The Morgan fingerprint density at radius 3 is 1.42 bits per heavy atom. The topological polar surface area (TPSA) is 74.6 Å². The fourth-order valence-electron chi connectivity index (χ4n) is 3.13. The lowest BCUT2D eigenvalue weighted by Crippen LogP contribution is -2.20. The highest BCUT2D eigenvalue weighted by Gasteiger charge is 2.21. The van der Waals surface area contributed by atoms with Crippen LogP contribution in [0.15, 0.2) is 0 Å². The van der Waals surface area contributed by atoms with Gasteiger partial charge in [0.15, 0.2) is 0 Å². The fourth-order valence-corrected chi connectivity index (χ4v) is 4.05. The molecule has 146 valence electrons. The first-order valence-corrected chi connectivity index (χ1v) is 11.6. The number of unbranched alkanes of at least 4 members (excludes halogenated alkanes) is 12. The molecule has 0 amide bonds. The Morgan fingerprint density at radius 2 is 1.04 bits per heavy atom. The minimum absolute atomic E-state index is 0.323. The van der Waals surface area contributed by atoms with Crippen molar-refractivity contribution in [1.82, 2.24) is 0 Å². The van der Waals surface area contributed by atoms with Crippen molar-refractivity contribution in [3.05, 3.63) is 0 Å². The van der Waals surface area contributed by atoms with Crippen LogP contribution in [0.25, 0.3) is 0 Å². The minimum atomic E-state index is -3.87. The van der Waals surface area contributed by atoms with E-state index in [0.29, 0.717) is 19.4 Å². The van der Waals surface area contributed by atoms with E-state index in [0.717, 1.165) is 38.5 Å². The van der Waals surface area contributed by atoms with Crippen molar-refractivity contribution in [3.63, 3.8) is 0 Å². The number of rotatable bonds is 18. The molecule has 0 aromatic rings. The summed E-state index contributed by atoms with van der Waals surface area (Å²) in [5.74, 6) is 0. The van der Waals surface area contributed by atoms with Crippen molar-refractivity contribution in [1.29, 1.82) is 0 Å². The van der Waals surface area contributed by atoms with E-state index in [-0.39, 0.29) is 0 Å². The monoisotopic (exact) mass is 364 g/mol. The molecular weight excluding hydrogens is 324 g/mol. The molecule has 5 heteroatoms. The molecule has 1 atom stereocenters. The van der Waals surface area contributed by atoms with Crippen LogP contribution in [-0.4, -0.2) is 29.9 Å². The van der Waals surface area contributed by atoms with Gasteiger partial charge in [-0.2, -0.15) is 8.42 Å². The van der Waals surface area contributed by atoms with Gasteiger partial charge in [-0.25, -0.2) is 0 Å². The number of aliphatic hydroxyl groups excluding tert-OH is 1. The Morgan fingerprint density at radius 1 is 0.667 bits per heavy atom. The molecule has 4 nitrogen and oxygen atoms in total. The van der Waals surface area contributed by atoms with Crippen molar-refractivity contribution in [3.8, 4) is 0 Å². The number of aliphatic hydroxyl groups is 1. The Labute approximate surface area is 150 Å². The van der Waals surface area contributed by atoms with Gasteiger partial charge in [0.1, 0.15) is 0 Å². The molecule has 0 aliphatic heterocycles. The minimum Gasteiger partial charge on any atom is -0.396 e. The average molecular weight is 365 g/mol. The van der Waals surface area contributed by atoms with Crippen molar-refractivity contribution in [2.75, 3.05) is 6.61 Å². The summed E-state index contributed by atoms with van der Waals surface area (Å²) in [5.41, 5.74) is 0. The standard InChI is InChI=1S/C19H40O4S/c1-2-3-16-19(24(21,22)23)17-14-12-10-8-6-4-5-7-9-11-13-15-18-20/h19-20H,2-18H2,1H3,(H,21,22,23). The molecule has 0 heterocycles. The summed E-state index contributed by atoms with van der Waals surface area (Å²) in [4.78, 5) is 0. The van der Waals surface area contributed by atoms with Gasteiger partial charge in [-0.3, -0.25) is 4.55 Å². The highest BCUT2D eigenvalue weighted by molar-refractivity contribution is 7.86. The molecule has 0 rings (SSSR count). The first-order chi connectivity index (χ1) is 11.5. The zero-order valence-electron chi connectivity index (χ0n) is 15.7. The lowest BCUT2D eigenvalue weighted by Gasteiger charge is -2.13. The highest BCUT2D eigenvalue weighted by atomic mass is 32.2. The second-order valence-electron chi connectivity index (χ2n) is 7.03. The van der Waals surface area contributed by atoms with Crippen LogP contribution in [0.3, 0.4) is 0 Å². The molecule has 0 fully saturated rings. The van der Waals surface area contributed by atoms with Crippen molar-refractivity contribution >= 4 is 10.1 Å². The first-order valence-electron chi connectivity index (χ1n) is 10.1. The van der Waals surface area contributed by atoms with Crippen LogP contribution in [-0.2, 0) is 10.1 Å². The average Bonchev–Trinajstić information content (AvgIpc) is 2.53. The molecule has 0 aliphatic rings. The van der Waals surface area contributed by atoms with E-state index in [9.17, 15) is 13.0 Å². The van der Waals surface area contributed by atoms with Gasteiger partial charge in [0, 0.05) is 6.61 Å². The molecule has 24 heavy (non-hydrogen) atoms. The molecule has 0 spiro atoms. The Hall–Kier alpha value is -0.130. The van der Waals surface area contributed by atoms with Gasteiger partial charge < -0.3 is 5.11 Å². The lowest BCUT2D eigenvalue weighted by atomic mass is 10.0. The Balaban J connectivity index is 3.43. The third kappa shape index (κ3) is 15.4. The maximum Gasteiger partial charge on any atom is 0.267 e. The Bertz CT molecular complexity index is 354. The van der Waals surface area contributed by atoms with Crippen LogP contribution in [0.4, 0.5) is 0 Å².